The van der Waals surface area contributed by atoms with Gasteiger partial charge in [-0.3, -0.25) is 4.79 Å². The van der Waals surface area contributed by atoms with E-state index in [9.17, 15) is 13.2 Å². The molecule has 0 radical (unpaired) electrons. The Morgan fingerprint density at radius 3 is 2.50 bits per heavy atom. The molecular weight excluding hydrogens is 304 g/mol. The minimum absolute atomic E-state index is 0.195. The van der Waals surface area contributed by atoms with Gasteiger partial charge in [0.1, 0.15) is 0 Å². The van der Waals surface area contributed by atoms with Gasteiger partial charge in [-0.25, -0.2) is 8.42 Å². The van der Waals surface area contributed by atoms with Gasteiger partial charge in [-0.2, -0.15) is 4.31 Å². The lowest BCUT2D eigenvalue weighted by Gasteiger charge is -2.20. The molecule has 1 aromatic carbocycles. The van der Waals surface area contributed by atoms with Gasteiger partial charge in [0, 0.05) is 19.6 Å². The van der Waals surface area contributed by atoms with E-state index in [0.717, 1.165) is 11.8 Å². The summed E-state index contributed by atoms with van der Waals surface area (Å²) in [5, 5.41) is 2.63. The second kappa shape index (κ2) is 7.24. The number of rotatable bonds is 7. The van der Waals surface area contributed by atoms with E-state index in [0.29, 0.717) is 0 Å². The largest absolute Gasteiger partial charge is 0.459 e. The smallest absolute Gasteiger partial charge is 0.287 e. The summed E-state index contributed by atoms with van der Waals surface area (Å²) in [6.07, 6.45) is 2.57. The number of benzene rings is 1. The van der Waals surface area contributed by atoms with Gasteiger partial charge in [-0.15, -0.1) is 0 Å². The minimum Gasteiger partial charge on any atom is -0.459 e. The van der Waals surface area contributed by atoms with Crippen molar-refractivity contribution in [2.24, 2.45) is 0 Å². The summed E-state index contributed by atoms with van der Waals surface area (Å²) < 4.78 is 30.0. The van der Waals surface area contributed by atoms with Gasteiger partial charge in [0.05, 0.1) is 12.5 Å². The standard InChI is InChI=1S/C15H18N2O4S/c1-22(19,20)17(12-13-6-3-2-4-7-13)10-9-16-15(18)14-8-5-11-21-14/h2-8,11H,9-10,12H2,1H3,(H,16,18). The molecule has 2 rings (SSSR count). The van der Waals surface area contributed by atoms with Crippen LogP contribution in [-0.4, -0.2) is 38.0 Å². The van der Waals surface area contributed by atoms with Crippen LogP contribution < -0.4 is 5.32 Å². The third kappa shape index (κ3) is 4.71. The van der Waals surface area contributed by atoms with Crippen molar-refractivity contribution < 1.29 is 17.6 Å². The van der Waals surface area contributed by atoms with Gasteiger partial charge < -0.3 is 9.73 Å². The average Bonchev–Trinajstić information content (AvgIpc) is 3.00. The molecular formula is C15H18N2O4S. The van der Waals surface area contributed by atoms with Crippen LogP contribution in [0.5, 0.6) is 0 Å². The zero-order valence-electron chi connectivity index (χ0n) is 12.2. The van der Waals surface area contributed by atoms with Crippen LogP contribution in [-0.2, 0) is 16.6 Å². The number of carbonyl (C=O) groups excluding carboxylic acids is 1. The predicted octanol–water partition coefficient (Wildman–Crippen LogP) is 1.47. The van der Waals surface area contributed by atoms with E-state index in [1.165, 1.54) is 10.6 Å². The topological polar surface area (TPSA) is 79.6 Å². The first-order valence-electron chi connectivity index (χ1n) is 6.77. The van der Waals surface area contributed by atoms with Crippen LogP contribution in [0, 0.1) is 0 Å². The molecule has 0 spiro atoms. The quantitative estimate of drug-likeness (QED) is 0.837. The normalized spacial score (nSPS) is 11.5. The lowest BCUT2D eigenvalue weighted by atomic mass is 10.2. The molecule has 2 aromatic rings. The van der Waals surface area contributed by atoms with E-state index >= 15 is 0 Å². The molecule has 0 atom stereocenters. The van der Waals surface area contributed by atoms with Gasteiger partial charge in [-0.1, -0.05) is 30.3 Å². The van der Waals surface area contributed by atoms with E-state index in [1.54, 1.807) is 12.1 Å². The first-order chi connectivity index (χ1) is 10.5. The van der Waals surface area contributed by atoms with Crippen LogP contribution >= 0.6 is 0 Å². The Labute approximate surface area is 129 Å². The maximum Gasteiger partial charge on any atom is 0.287 e. The summed E-state index contributed by atoms with van der Waals surface area (Å²) in [6, 6.07) is 12.5. The number of hydrogen-bond acceptors (Lipinski definition) is 4. The molecule has 1 N–H and O–H groups in total. The summed E-state index contributed by atoms with van der Waals surface area (Å²) in [7, 11) is -3.36. The number of nitrogens with zero attached hydrogens (tertiary/aromatic N) is 1. The van der Waals surface area contributed by atoms with E-state index in [4.69, 9.17) is 4.42 Å². The van der Waals surface area contributed by atoms with Crippen molar-refractivity contribution in [1.82, 2.24) is 9.62 Å². The van der Waals surface area contributed by atoms with Crippen molar-refractivity contribution in [1.29, 1.82) is 0 Å². The predicted molar refractivity (Wildman–Crippen MR) is 82.7 cm³/mol. The Bertz CT molecular complexity index is 696. The molecule has 0 saturated carbocycles. The number of furan rings is 1. The third-order valence-corrected chi connectivity index (χ3v) is 4.31. The fourth-order valence-corrected chi connectivity index (χ4v) is 2.74. The Kier molecular flexibility index (Phi) is 5.35. The van der Waals surface area contributed by atoms with Crippen molar-refractivity contribution in [3.63, 3.8) is 0 Å². The number of hydrogen-bond donors (Lipinski definition) is 1. The molecule has 0 bridgehead atoms. The molecule has 0 fully saturated rings. The summed E-state index contributed by atoms with van der Waals surface area (Å²) in [5.41, 5.74) is 0.894. The second-order valence-corrected chi connectivity index (χ2v) is 6.80. The maximum atomic E-state index is 11.8. The van der Waals surface area contributed by atoms with Gasteiger partial charge >= 0.3 is 0 Å². The van der Waals surface area contributed by atoms with E-state index in [1.807, 2.05) is 30.3 Å². The Morgan fingerprint density at radius 2 is 1.91 bits per heavy atom. The SMILES string of the molecule is CS(=O)(=O)N(CCNC(=O)c1ccco1)Cc1ccccc1. The van der Waals surface area contributed by atoms with Crippen molar-refractivity contribution in [2.45, 2.75) is 6.54 Å². The highest BCUT2D eigenvalue weighted by Crippen LogP contribution is 2.07. The zero-order chi connectivity index (χ0) is 16.0. The molecule has 0 aliphatic carbocycles. The van der Waals surface area contributed by atoms with E-state index in [-0.39, 0.29) is 31.3 Å². The lowest BCUT2D eigenvalue weighted by Crippen LogP contribution is -2.37. The third-order valence-electron chi connectivity index (χ3n) is 3.06. The highest BCUT2D eigenvalue weighted by Gasteiger charge is 2.17. The second-order valence-electron chi connectivity index (χ2n) is 4.82. The van der Waals surface area contributed by atoms with Gasteiger partial charge in [0.25, 0.3) is 5.91 Å². The Morgan fingerprint density at radius 1 is 1.18 bits per heavy atom. The summed E-state index contributed by atoms with van der Waals surface area (Å²) >= 11 is 0. The van der Waals surface area contributed by atoms with Crippen molar-refractivity contribution >= 4 is 15.9 Å². The number of sulfonamides is 1. The molecule has 22 heavy (non-hydrogen) atoms. The number of carbonyl (C=O) groups is 1. The van der Waals surface area contributed by atoms with E-state index in [2.05, 4.69) is 5.32 Å². The monoisotopic (exact) mass is 322 g/mol. The Hall–Kier alpha value is -2.12. The lowest BCUT2D eigenvalue weighted by molar-refractivity contribution is 0.0924. The number of amides is 1. The van der Waals surface area contributed by atoms with E-state index < -0.39 is 10.0 Å². The zero-order valence-corrected chi connectivity index (χ0v) is 13.0. The Balaban J connectivity index is 1.92. The van der Waals surface area contributed by atoms with Crippen LogP contribution in [0.15, 0.2) is 53.1 Å². The average molecular weight is 322 g/mol. The van der Waals surface area contributed by atoms with Gasteiger partial charge in [-0.05, 0) is 17.7 Å². The fraction of sp³-hybridized carbons (Fsp3) is 0.267. The molecule has 1 aromatic heterocycles. The highest BCUT2D eigenvalue weighted by atomic mass is 32.2. The molecule has 6 nitrogen and oxygen atoms in total. The van der Waals surface area contributed by atoms with Crippen LogP contribution in [0.4, 0.5) is 0 Å². The number of nitrogens with one attached hydrogen (secondary N) is 1. The summed E-state index contributed by atoms with van der Waals surface area (Å²) in [4.78, 5) is 11.7. The first-order valence-corrected chi connectivity index (χ1v) is 8.62. The van der Waals surface area contributed by atoms with Crippen LogP contribution in [0.1, 0.15) is 16.1 Å². The van der Waals surface area contributed by atoms with Gasteiger partial charge in [0.15, 0.2) is 5.76 Å². The first kappa shape index (κ1) is 16.3. The molecule has 1 amide bonds. The molecule has 118 valence electrons. The van der Waals surface area contributed by atoms with Gasteiger partial charge in [0.2, 0.25) is 10.0 Å². The maximum absolute atomic E-state index is 11.8. The molecule has 0 aliphatic heterocycles. The van der Waals surface area contributed by atoms with Crippen molar-refractivity contribution in [3.05, 3.63) is 60.1 Å². The van der Waals surface area contributed by atoms with Crippen molar-refractivity contribution in [3.8, 4) is 0 Å². The fourth-order valence-electron chi connectivity index (χ4n) is 1.94. The molecule has 7 heteroatoms. The molecule has 0 saturated heterocycles. The van der Waals surface area contributed by atoms with Crippen LogP contribution in [0.25, 0.3) is 0 Å². The van der Waals surface area contributed by atoms with Crippen LogP contribution in [0.2, 0.25) is 0 Å². The highest BCUT2D eigenvalue weighted by molar-refractivity contribution is 7.88. The summed E-state index contributed by atoms with van der Waals surface area (Å²) in [6.45, 7) is 0.676. The minimum atomic E-state index is -3.36. The molecule has 0 unspecified atom stereocenters. The molecule has 0 aliphatic rings. The summed E-state index contributed by atoms with van der Waals surface area (Å²) in [5.74, 6) is -0.160. The van der Waals surface area contributed by atoms with Crippen molar-refractivity contribution in [2.75, 3.05) is 19.3 Å². The van der Waals surface area contributed by atoms with Crippen LogP contribution in [0.3, 0.4) is 0 Å². The molecule has 1 heterocycles.